The van der Waals surface area contributed by atoms with Crippen molar-refractivity contribution in [2.24, 2.45) is 5.73 Å². The van der Waals surface area contributed by atoms with Crippen LogP contribution in [0.2, 0.25) is 0 Å². The molecular weight excluding hydrogens is 238 g/mol. The van der Waals surface area contributed by atoms with E-state index in [1.54, 1.807) is 14.1 Å². The molecule has 0 saturated carbocycles. The predicted molar refractivity (Wildman–Crippen MR) is 60.3 cm³/mol. The zero-order chi connectivity index (χ0) is 10.7. The summed E-state index contributed by atoms with van der Waals surface area (Å²) in [5.74, 6) is -0.554. The molecule has 0 aliphatic carbocycles. The summed E-state index contributed by atoms with van der Waals surface area (Å²) in [5.41, 5.74) is 5.05. The third-order valence-electron chi connectivity index (χ3n) is 1.60. The molecule has 0 spiro atoms. The van der Waals surface area contributed by atoms with E-state index in [0.717, 1.165) is 11.3 Å². The van der Waals surface area contributed by atoms with Gasteiger partial charge >= 0.3 is 0 Å². The fourth-order valence-electron chi connectivity index (χ4n) is 0.793. The largest absolute Gasteiger partial charge is 0.365 e. The Morgan fingerprint density at radius 2 is 2.13 bits per heavy atom. The van der Waals surface area contributed by atoms with Crippen molar-refractivity contribution in [3.05, 3.63) is 16.1 Å². The van der Waals surface area contributed by atoms with Crippen LogP contribution in [0, 0.1) is 0 Å². The molecule has 0 saturated heterocycles. The van der Waals surface area contributed by atoms with Crippen molar-refractivity contribution in [1.82, 2.24) is 9.88 Å². The highest BCUT2D eigenvalue weighted by molar-refractivity contribution is 7.13. The number of nitrogens with two attached hydrogens (primary N) is 1. The van der Waals surface area contributed by atoms with E-state index in [2.05, 4.69) is 4.98 Å². The van der Waals surface area contributed by atoms with Crippen LogP contribution in [0.5, 0.6) is 0 Å². The van der Waals surface area contributed by atoms with Gasteiger partial charge in [0.15, 0.2) is 0 Å². The molecule has 0 fully saturated rings. The number of carbonyl (C=O) groups excluding carboxylic acids is 2. The van der Waals surface area contributed by atoms with Crippen LogP contribution in [0.15, 0.2) is 6.20 Å². The predicted octanol–water partition coefficient (Wildman–Crippen LogP) is 0.294. The van der Waals surface area contributed by atoms with Crippen molar-refractivity contribution in [3.8, 4) is 0 Å². The molecule has 0 aliphatic heterocycles. The lowest BCUT2D eigenvalue weighted by molar-refractivity contribution is -0.127. The molecule has 5 nitrogen and oxygen atoms in total. The van der Waals surface area contributed by atoms with E-state index in [4.69, 9.17) is 5.73 Å². The smallest absolute Gasteiger partial charge is 0.260 e. The molecule has 0 radical (unpaired) electrons. The van der Waals surface area contributed by atoms with Gasteiger partial charge in [0.25, 0.3) is 5.91 Å². The van der Waals surface area contributed by atoms with Crippen LogP contribution < -0.4 is 5.73 Å². The molecule has 15 heavy (non-hydrogen) atoms. The zero-order valence-electron chi connectivity index (χ0n) is 8.39. The van der Waals surface area contributed by atoms with E-state index < -0.39 is 5.91 Å². The van der Waals surface area contributed by atoms with Gasteiger partial charge in [-0.05, 0) is 0 Å². The highest BCUT2D eigenvalue weighted by atomic mass is 35.5. The highest BCUT2D eigenvalue weighted by Gasteiger charge is 2.11. The summed E-state index contributed by atoms with van der Waals surface area (Å²) in [7, 11) is 3.34. The van der Waals surface area contributed by atoms with E-state index >= 15 is 0 Å². The maximum Gasteiger partial charge on any atom is 0.260 e. The standard InChI is InChI=1S/C8H11N3O2S.ClH/c1-11(2)7(12)3-6-10-4-5(14-6)8(9)13;/h4H,3H2,1-2H3,(H2,9,13);1H. The number of hydrogen-bond acceptors (Lipinski definition) is 4. The summed E-state index contributed by atoms with van der Waals surface area (Å²) in [5, 5.41) is 0.609. The number of aromatic nitrogens is 1. The fraction of sp³-hybridized carbons (Fsp3) is 0.375. The molecule has 84 valence electrons. The molecule has 7 heteroatoms. The summed E-state index contributed by atoms with van der Waals surface area (Å²) >= 11 is 1.15. The first kappa shape index (κ1) is 13.9. The molecule has 0 atom stereocenters. The van der Waals surface area contributed by atoms with E-state index in [1.807, 2.05) is 0 Å². The Morgan fingerprint density at radius 3 is 2.53 bits per heavy atom. The quantitative estimate of drug-likeness (QED) is 0.837. The van der Waals surface area contributed by atoms with Gasteiger partial charge in [-0.1, -0.05) is 0 Å². The average molecular weight is 250 g/mol. The minimum absolute atomic E-state index is 0. The number of likely N-dealkylation sites (N-methyl/N-ethyl adjacent to an activating group) is 1. The Labute approximate surface area is 97.7 Å². The second-order valence-corrected chi connectivity index (χ2v) is 4.06. The molecule has 1 heterocycles. The van der Waals surface area contributed by atoms with Gasteiger partial charge in [0, 0.05) is 14.1 Å². The molecule has 1 aromatic rings. The SMILES string of the molecule is CN(C)C(=O)Cc1ncc(C(N)=O)s1.Cl. The number of nitrogens with zero attached hydrogens (tertiary/aromatic N) is 2. The Hall–Kier alpha value is -1.14. The first-order valence-electron chi connectivity index (χ1n) is 3.95. The first-order chi connectivity index (χ1) is 6.50. The Kier molecular flexibility index (Phi) is 5.24. The minimum Gasteiger partial charge on any atom is -0.365 e. The lowest BCUT2D eigenvalue weighted by atomic mass is 10.4. The molecule has 0 aliphatic rings. The Morgan fingerprint density at radius 1 is 1.53 bits per heavy atom. The van der Waals surface area contributed by atoms with E-state index in [1.165, 1.54) is 11.1 Å². The van der Waals surface area contributed by atoms with Crippen LogP contribution in [0.3, 0.4) is 0 Å². The summed E-state index contributed by atoms with van der Waals surface area (Å²) in [6.45, 7) is 0. The van der Waals surface area contributed by atoms with Crippen molar-refractivity contribution in [1.29, 1.82) is 0 Å². The van der Waals surface area contributed by atoms with E-state index in [-0.39, 0.29) is 24.7 Å². The van der Waals surface area contributed by atoms with Gasteiger partial charge in [-0.15, -0.1) is 23.7 Å². The lowest BCUT2D eigenvalue weighted by Crippen LogP contribution is -2.23. The molecule has 2 N–H and O–H groups in total. The number of halogens is 1. The van der Waals surface area contributed by atoms with E-state index in [0.29, 0.717) is 9.88 Å². The van der Waals surface area contributed by atoms with Crippen molar-refractivity contribution < 1.29 is 9.59 Å². The molecule has 0 bridgehead atoms. The third kappa shape index (κ3) is 3.85. The topological polar surface area (TPSA) is 76.3 Å². The van der Waals surface area contributed by atoms with Crippen molar-refractivity contribution in [3.63, 3.8) is 0 Å². The fourth-order valence-corrected chi connectivity index (χ4v) is 1.55. The van der Waals surface area contributed by atoms with E-state index in [9.17, 15) is 9.59 Å². The van der Waals surface area contributed by atoms with Gasteiger partial charge < -0.3 is 10.6 Å². The normalized spacial score (nSPS) is 9.20. The number of rotatable bonds is 3. The average Bonchev–Trinajstić information content (AvgIpc) is 2.52. The first-order valence-corrected chi connectivity index (χ1v) is 4.77. The molecule has 2 amide bonds. The van der Waals surface area contributed by atoms with Crippen LogP contribution in [-0.2, 0) is 11.2 Å². The molecular formula is C8H12ClN3O2S. The van der Waals surface area contributed by atoms with Gasteiger partial charge in [0.05, 0.1) is 12.6 Å². The number of hydrogen-bond donors (Lipinski definition) is 1. The molecule has 0 aromatic carbocycles. The Bertz CT molecular complexity index is 365. The molecule has 1 aromatic heterocycles. The lowest BCUT2D eigenvalue weighted by Gasteiger charge is -2.07. The summed E-state index contributed by atoms with van der Waals surface area (Å²) in [6, 6.07) is 0. The summed E-state index contributed by atoms with van der Waals surface area (Å²) in [4.78, 5) is 27.8. The summed E-state index contributed by atoms with van der Waals surface area (Å²) in [6.07, 6.45) is 1.61. The highest BCUT2D eigenvalue weighted by Crippen LogP contribution is 2.12. The second kappa shape index (κ2) is 5.67. The maximum absolute atomic E-state index is 11.3. The van der Waals surface area contributed by atoms with Crippen molar-refractivity contribution in [2.75, 3.05) is 14.1 Å². The monoisotopic (exact) mass is 249 g/mol. The maximum atomic E-state index is 11.3. The van der Waals surface area contributed by atoms with Gasteiger partial charge in [-0.2, -0.15) is 0 Å². The van der Waals surface area contributed by atoms with Crippen molar-refractivity contribution >= 4 is 35.6 Å². The van der Waals surface area contributed by atoms with Crippen LogP contribution in [-0.4, -0.2) is 35.8 Å². The zero-order valence-corrected chi connectivity index (χ0v) is 10.0. The van der Waals surface area contributed by atoms with Gasteiger partial charge in [-0.3, -0.25) is 9.59 Å². The number of carbonyl (C=O) groups is 2. The summed E-state index contributed by atoms with van der Waals surface area (Å²) < 4.78 is 0. The van der Waals surface area contributed by atoms with Crippen LogP contribution in [0.4, 0.5) is 0 Å². The van der Waals surface area contributed by atoms with Gasteiger partial charge in [0.1, 0.15) is 9.88 Å². The van der Waals surface area contributed by atoms with Crippen LogP contribution >= 0.6 is 23.7 Å². The molecule has 0 unspecified atom stereocenters. The van der Waals surface area contributed by atoms with Crippen LogP contribution in [0.1, 0.15) is 14.7 Å². The van der Waals surface area contributed by atoms with Gasteiger partial charge in [-0.25, -0.2) is 4.98 Å². The Balaban J connectivity index is 0.00000196. The minimum atomic E-state index is -0.508. The van der Waals surface area contributed by atoms with Crippen LogP contribution in [0.25, 0.3) is 0 Å². The number of thiazole rings is 1. The number of primary amides is 1. The second-order valence-electron chi connectivity index (χ2n) is 2.95. The molecule has 1 rings (SSSR count). The third-order valence-corrected chi connectivity index (χ3v) is 2.61. The van der Waals surface area contributed by atoms with Crippen molar-refractivity contribution in [2.45, 2.75) is 6.42 Å². The van der Waals surface area contributed by atoms with Gasteiger partial charge in [0.2, 0.25) is 5.91 Å². The number of amides is 2.